The molecule has 0 atom stereocenters. The zero-order valence-electron chi connectivity index (χ0n) is 5.96. The number of aromatic nitrogens is 1. The van der Waals surface area contributed by atoms with Crippen molar-refractivity contribution in [3.8, 4) is 6.07 Å². The molecule has 1 aromatic rings. The average molecular weight is 152 g/mol. The monoisotopic (exact) mass is 152 g/mol. The number of thiazole rings is 1. The molecule has 0 bridgehead atoms. The van der Waals surface area contributed by atoms with Crippen LogP contribution in [0.2, 0.25) is 0 Å². The van der Waals surface area contributed by atoms with E-state index in [0.717, 1.165) is 0 Å². The number of hydrogen-bond donors (Lipinski definition) is 0. The lowest BCUT2D eigenvalue weighted by atomic mass is 10.2. The predicted octanol–water partition coefficient (Wildman–Crippen LogP) is 2.14. The van der Waals surface area contributed by atoms with Crippen LogP contribution in [0.3, 0.4) is 0 Å². The molecule has 3 heteroatoms. The third-order valence-corrected chi connectivity index (χ3v) is 2.39. The summed E-state index contributed by atoms with van der Waals surface area (Å²) in [5.41, 5.74) is 0. The third kappa shape index (κ3) is 1.34. The normalized spacial score (nSPS) is 9.80. The summed E-state index contributed by atoms with van der Waals surface area (Å²) in [4.78, 5) is 5.09. The molecule has 0 unspecified atom stereocenters. The molecule has 2 nitrogen and oxygen atoms in total. The Morgan fingerprint density at radius 2 is 2.40 bits per heavy atom. The molecular weight excluding hydrogens is 144 g/mol. The Balaban J connectivity index is 2.91. The van der Waals surface area contributed by atoms with E-state index < -0.39 is 0 Å². The molecule has 0 aromatic carbocycles. The smallest absolute Gasteiger partial charge is 0.194 e. The first-order chi connectivity index (χ1) is 4.74. The predicted molar refractivity (Wildman–Crippen MR) is 40.9 cm³/mol. The summed E-state index contributed by atoms with van der Waals surface area (Å²) in [5.74, 6) is 0.486. The van der Waals surface area contributed by atoms with Crippen LogP contribution in [0.1, 0.15) is 29.7 Å². The minimum Gasteiger partial charge on any atom is -0.234 e. The number of rotatable bonds is 1. The first-order valence-corrected chi connectivity index (χ1v) is 3.91. The molecule has 0 amide bonds. The molecular formula is C7H8N2S. The van der Waals surface area contributed by atoms with Crippen molar-refractivity contribution in [2.75, 3.05) is 0 Å². The number of nitrogens with zero attached hydrogens (tertiary/aromatic N) is 2. The molecule has 0 radical (unpaired) electrons. The maximum absolute atomic E-state index is 8.43. The molecule has 0 saturated carbocycles. The van der Waals surface area contributed by atoms with Gasteiger partial charge in [-0.3, -0.25) is 0 Å². The summed E-state index contributed by atoms with van der Waals surface area (Å²) >= 11 is 1.47. The van der Waals surface area contributed by atoms with Gasteiger partial charge in [-0.2, -0.15) is 5.26 Å². The van der Waals surface area contributed by atoms with Crippen molar-refractivity contribution in [1.29, 1.82) is 5.26 Å². The Bertz CT molecular complexity index is 257. The average Bonchev–Trinajstić information content (AvgIpc) is 2.34. The number of hydrogen-bond acceptors (Lipinski definition) is 3. The van der Waals surface area contributed by atoms with Gasteiger partial charge in [0, 0.05) is 11.1 Å². The molecule has 0 aliphatic carbocycles. The van der Waals surface area contributed by atoms with Crippen molar-refractivity contribution in [3.05, 3.63) is 16.1 Å². The standard InChI is InChI=1S/C7H8N2S/c1-5(2)6-4-9-7(3-8)10-6/h4-5H,1-2H3. The van der Waals surface area contributed by atoms with Gasteiger partial charge in [-0.25, -0.2) is 4.98 Å². The lowest BCUT2D eigenvalue weighted by molar-refractivity contribution is 0.885. The van der Waals surface area contributed by atoms with E-state index in [2.05, 4.69) is 18.8 Å². The fourth-order valence-electron chi connectivity index (χ4n) is 0.605. The highest BCUT2D eigenvalue weighted by molar-refractivity contribution is 7.12. The fraction of sp³-hybridized carbons (Fsp3) is 0.429. The maximum Gasteiger partial charge on any atom is 0.194 e. The van der Waals surface area contributed by atoms with Crippen LogP contribution in [0.5, 0.6) is 0 Å². The van der Waals surface area contributed by atoms with Crippen molar-refractivity contribution >= 4 is 11.3 Å². The summed E-state index contributed by atoms with van der Waals surface area (Å²) in [6.45, 7) is 4.18. The van der Waals surface area contributed by atoms with Crippen LogP contribution in [-0.4, -0.2) is 4.98 Å². The first kappa shape index (κ1) is 7.23. The summed E-state index contributed by atoms with van der Waals surface area (Å²) in [6, 6.07) is 2.01. The highest BCUT2D eigenvalue weighted by Gasteiger charge is 2.03. The zero-order chi connectivity index (χ0) is 7.56. The molecule has 1 rings (SSSR count). The molecule has 0 N–H and O–H groups in total. The Morgan fingerprint density at radius 1 is 1.70 bits per heavy atom. The quantitative estimate of drug-likeness (QED) is 0.618. The molecule has 0 saturated heterocycles. The first-order valence-electron chi connectivity index (χ1n) is 3.10. The molecule has 0 fully saturated rings. The van der Waals surface area contributed by atoms with E-state index in [-0.39, 0.29) is 0 Å². The SMILES string of the molecule is CC(C)c1cnc(C#N)s1. The Hall–Kier alpha value is -0.880. The maximum atomic E-state index is 8.43. The summed E-state index contributed by atoms with van der Waals surface area (Å²) < 4.78 is 0. The second-order valence-corrected chi connectivity index (χ2v) is 3.40. The minimum atomic E-state index is 0.486. The van der Waals surface area contributed by atoms with Crippen LogP contribution in [0, 0.1) is 11.3 Å². The Kier molecular flexibility index (Phi) is 2.03. The molecule has 0 spiro atoms. The second-order valence-electron chi connectivity index (χ2n) is 2.33. The molecule has 1 heterocycles. The van der Waals surface area contributed by atoms with Gasteiger partial charge in [0.05, 0.1) is 0 Å². The van der Waals surface area contributed by atoms with Crippen molar-refractivity contribution in [2.24, 2.45) is 0 Å². The molecule has 0 aliphatic heterocycles. The van der Waals surface area contributed by atoms with Gasteiger partial charge in [0.2, 0.25) is 0 Å². The molecule has 0 aliphatic rings. The summed E-state index contributed by atoms with van der Waals surface area (Å²) in [6.07, 6.45) is 1.77. The van der Waals surface area contributed by atoms with E-state index in [0.29, 0.717) is 10.9 Å². The van der Waals surface area contributed by atoms with Crippen LogP contribution >= 0.6 is 11.3 Å². The molecule has 1 aromatic heterocycles. The van der Waals surface area contributed by atoms with Crippen molar-refractivity contribution < 1.29 is 0 Å². The van der Waals surface area contributed by atoms with Crippen LogP contribution in [-0.2, 0) is 0 Å². The third-order valence-electron chi connectivity index (χ3n) is 1.19. The lowest BCUT2D eigenvalue weighted by Gasteiger charge is -1.94. The van der Waals surface area contributed by atoms with Gasteiger partial charge in [-0.05, 0) is 5.92 Å². The van der Waals surface area contributed by atoms with Crippen molar-refractivity contribution in [2.45, 2.75) is 19.8 Å². The second kappa shape index (κ2) is 2.80. The van der Waals surface area contributed by atoms with Crippen molar-refractivity contribution in [1.82, 2.24) is 4.98 Å². The van der Waals surface area contributed by atoms with Gasteiger partial charge in [0.15, 0.2) is 5.01 Å². The van der Waals surface area contributed by atoms with E-state index in [1.54, 1.807) is 6.20 Å². The van der Waals surface area contributed by atoms with Gasteiger partial charge in [0.25, 0.3) is 0 Å². The van der Waals surface area contributed by atoms with Crippen LogP contribution < -0.4 is 0 Å². The van der Waals surface area contributed by atoms with E-state index in [4.69, 9.17) is 5.26 Å². The van der Waals surface area contributed by atoms with E-state index in [1.165, 1.54) is 16.2 Å². The van der Waals surface area contributed by atoms with Gasteiger partial charge in [-0.1, -0.05) is 13.8 Å². The largest absolute Gasteiger partial charge is 0.234 e. The van der Waals surface area contributed by atoms with E-state index >= 15 is 0 Å². The van der Waals surface area contributed by atoms with Gasteiger partial charge < -0.3 is 0 Å². The zero-order valence-corrected chi connectivity index (χ0v) is 6.77. The van der Waals surface area contributed by atoms with Crippen LogP contribution in [0.4, 0.5) is 0 Å². The lowest BCUT2D eigenvalue weighted by Crippen LogP contribution is -1.77. The minimum absolute atomic E-state index is 0.486. The van der Waals surface area contributed by atoms with Gasteiger partial charge in [0.1, 0.15) is 6.07 Å². The van der Waals surface area contributed by atoms with E-state index in [1.807, 2.05) is 6.07 Å². The Labute approximate surface area is 64.1 Å². The van der Waals surface area contributed by atoms with Gasteiger partial charge >= 0.3 is 0 Å². The van der Waals surface area contributed by atoms with Crippen LogP contribution in [0.25, 0.3) is 0 Å². The van der Waals surface area contributed by atoms with Crippen LogP contribution in [0.15, 0.2) is 6.20 Å². The molecule has 10 heavy (non-hydrogen) atoms. The highest BCUT2D eigenvalue weighted by atomic mass is 32.1. The summed E-state index contributed by atoms with van der Waals surface area (Å²) in [5, 5.41) is 8.99. The van der Waals surface area contributed by atoms with Crippen molar-refractivity contribution in [3.63, 3.8) is 0 Å². The number of nitriles is 1. The summed E-state index contributed by atoms with van der Waals surface area (Å²) in [7, 11) is 0. The Morgan fingerprint density at radius 3 is 2.70 bits per heavy atom. The highest BCUT2D eigenvalue weighted by Crippen LogP contribution is 2.20. The fourth-order valence-corrected chi connectivity index (χ4v) is 1.32. The van der Waals surface area contributed by atoms with E-state index in [9.17, 15) is 0 Å². The molecule has 52 valence electrons. The van der Waals surface area contributed by atoms with Gasteiger partial charge in [-0.15, -0.1) is 11.3 Å². The topological polar surface area (TPSA) is 36.7 Å².